The van der Waals surface area contributed by atoms with Crippen molar-refractivity contribution in [3.63, 3.8) is 0 Å². The van der Waals surface area contributed by atoms with E-state index in [4.69, 9.17) is 0 Å². The molecule has 0 spiro atoms. The molecular formula is C24H22FN5OS. The van der Waals surface area contributed by atoms with Crippen molar-refractivity contribution in [1.82, 2.24) is 14.8 Å². The van der Waals surface area contributed by atoms with Gasteiger partial charge in [0, 0.05) is 17.1 Å². The average Bonchev–Trinajstić information content (AvgIpc) is 3.21. The van der Waals surface area contributed by atoms with Crippen LogP contribution in [0.1, 0.15) is 11.4 Å². The van der Waals surface area contributed by atoms with E-state index in [0.717, 1.165) is 22.6 Å². The third-order valence-corrected chi connectivity index (χ3v) is 5.61. The minimum Gasteiger partial charge on any atom is -0.378 e. The minimum atomic E-state index is -0.286. The molecule has 1 aromatic heterocycles. The number of thioether (sulfide) groups is 1. The second kappa shape index (κ2) is 10.1. The van der Waals surface area contributed by atoms with E-state index in [9.17, 15) is 9.18 Å². The van der Waals surface area contributed by atoms with Crippen LogP contribution in [-0.4, -0.2) is 26.4 Å². The van der Waals surface area contributed by atoms with Crippen LogP contribution in [0.4, 0.5) is 15.8 Å². The number of carbonyl (C=O) groups excluding carboxylic acids is 1. The lowest BCUT2D eigenvalue weighted by Gasteiger charge is -2.12. The normalized spacial score (nSPS) is 10.7. The van der Waals surface area contributed by atoms with Gasteiger partial charge < -0.3 is 10.6 Å². The number of aryl methyl sites for hydroxylation is 1. The minimum absolute atomic E-state index is 0.120. The van der Waals surface area contributed by atoms with Crippen LogP contribution >= 0.6 is 11.8 Å². The molecule has 0 aliphatic heterocycles. The van der Waals surface area contributed by atoms with E-state index in [1.54, 1.807) is 12.1 Å². The number of hydrogen-bond acceptors (Lipinski definition) is 5. The molecule has 1 heterocycles. The summed E-state index contributed by atoms with van der Waals surface area (Å²) in [5.41, 5.74) is 3.58. The highest BCUT2D eigenvalue weighted by atomic mass is 32.2. The molecule has 0 aliphatic carbocycles. The van der Waals surface area contributed by atoms with Crippen LogP contribution in [0.15, 0.2) is 84.0 Å². The number of rotatable bonds is 8. The molecule has 2 N–H and O–H groups in total. The Morgan fingerprint density at radius 3 is 2.38 bits per heavy atom. The SMILES string of the molecule is Cc1ccc(-n2c(CNc3ccc(F)cc3)nnc2SCC(=O)Nc2ccccc2)cc1. The number of aromatic nitrogens is 3. The van der Waals surface area contributed by atoms with E-state index in [1.807, 2.05) is 66.1 Å². The highest BCUT2D eigenvalue weighted by molar-refractivity contribution is 7.99. The lowest BCUT2D eigenvalue weighted by molar-refractivity contribution is -0.113. The molecule has 4 rings (SSSR count). The van der Waals surface area contributed by atoms with Crippen molar-refractivity contribution in [2.24, 2.45) is 0 Å². The third kappa shape index (κ3) is 5.53. The maximum atomic E-state index is 13.2. The second-order valence-corrected chi connectivity index (χ2v) is 8.08. The number of nitrogens with zero attached hydrogens (tertiary/aromatic N) is 3. The molecule has 8 heteroatoms. The summed E-state index contributed by atoms with van der Waals surface area (Å²) in [5.74, 6) is 0.477. The zero-order valence-corrected chi connectivity index (χ0v) is 18.3. The number of benzene rings is 3. The Morgan fingerprint density at radius 2 is 1.66 bits per heavy atom. The van der Waals surface area contributed by atoms with Gasteiger partial charge in [-0.2, -0.15) is 0 Å². The van der Waals surface area contributed by atoms with Gasteiger partial charge >= 0.3 is 0 Å². The zero-order chi connectivity index (χ0) is 22.3. The van der Waals surface area contributed by atoms with Crippen LogP contribution in [0.25, 0.3) is 5.69 Å². The van der Waals surface area contributed by atoms with E-state index in [-0.39, 0.29) is 17.5 Å². The molecule has 0 aliphatic rings. The third-order valence-electron chi connectivity index (χ3n) is 4.68. The van der Waals surface area contributed by atoms with Crippen molar-refractivity contribution < 1.29 is 9.18 Å². The molecule has 0 fully saturated rings. The Bertz CT molecular complexity index is 1180. The quantitative estimate of drug-likeness (QED) is 0.370. The molecular weight excluding hydrogens is 425 g/mol. The van der Waals surface area contributed by atoms with Crippen LogP contribution < -0.4 is 10.6 Å². The van der Waals surface area contributed by atoms with E-state index in [0.29, 0.717) is 17.5 Å². The summed E-state index contributed by atoms with van der Waals surface area (Å²) in [6, 6.07) is 23.5. The van der Waals surface area contributed by atoms with Gasteiger partial charge in [-0.1, -0.05) is 47.7 Å². The number of anilines is 2. The predicted molar refractivity (Wildman–Crippen MR) is 126 cm³/mol. The Balaban J connectivity index is 1.51. The summed E-state index contributed by atoms with van der Waals surface area (Å²) >= 11 is 1.32. The molecule has 4 aromatic rings. The molecule has 0 saturated heterocycles. The lowest BCUT2D eigenvalue weighted by atomic mass is 10.2. The van der Waals surface area contributed by atoms with Crippen molar-refractivity contribution in [3.05, 3.63) is 96.1 Å². The zero-order valence-electron chi connectivity index (χ0n) is 17.5. The molecule has 1 amide bonds. The summed E-state index contributed by atoms with van der Waals surface area (Å²) in [6.45, 7) is 2.42. The second-order valence-electron chi connectivity index (χ2n) is 7.13. The number of halogens is 1. The molecule has 0 atom stereocenters. The first-order valence-corrected chi connectivity index (χ1v) is 11.1. The summed E-state index contributed by atoms with van der Waals surface area (Å²) in [5, 5.41) is 15.4. The van der Waals surface area contributed by atoms with Gasteiger partial charge in [0.15, 0.2) is 11.0 Å². The van der Waals surface area contributed by atoms with Crippen LogP contribution in [0.5, 0.6) is 0 Å². The Morgan fingerprint density at radius 1 is 0.938 bits per heavy atom. The maximum Gasteiger partial charge on any atom is 0.234 e. The smallest absolute Gasteiger partial charge is 0.234 e. The summed E-state index contributed by atoms with van der Waals surface area (Å²) in [4.78, 5) is 12.4. The first kappa shape index (κ1) is 21.6. The predicted octanol–water partition coefficient (Wildman–Crippen LogP) is 5.06. The summed E-state index contributed by atoms with van der Waals surface area (Å²) in [7, 11) is 0. The fraction of sp³-hybridized carbons (Fsp3) is 0.125. The first-order valence-electron chi connectivity index (χ1n) is 10.1. The monoisotopic (exact) mass is 447 g/mol. The van der Waals surface area contributed by atoms with Gasteiger partial charge in [0.1, 0.15) is 5.82 Å². The largest absolute Gasteiger partial charge is 0.378 e. The van der Waals surface area contributed by atoms with Gasteiger partial charge in [-0.05, 0) is 55.5 Å². The molecule has 3 aromatic carbocycles. The molecule has 0 saturated carbocycles. The van der Waals surface area contributed by atoms with Crippen molar-refractivity contribution in [2.75, 3.05) is 16.4 Å². The van der Waals surface area contributed by atoms with Crippen molar-refractivity contribution in [2.45, 2.75) is 18.6 Å². The average molecular weight is 448 g/mol. The number of amides is 1. The van der Waals surface area contributed by atoms with Crippen molar-refractivity contribution in [1.29, 1.82) is 0 Å². The molecule has 0 radical (unpaired) electrons. The highest BCUT2D eigenvalue weighted by Gasteiger charge is 2.16. The molecule has 0 bridgehead atoms. The molecule has 162 valence electrons. The molecule has 32 heavy (non-hydrogen) atoms. The van der Waals surface area contributed by atoms with Gasteiger partial charge in [-0.3, -0.25) is 9.36 Å². The van der Waals surface area contributed by atoms with E-state index < -0.39 is 0 Å². The van der Waals surface area contributed by atoms with Crippen LogP contribution in [0.3, 0.4) is 0 Å². The lowest BCUT2D eigenvalue weighted by Crippen LogP contribution is -2.14. The van der Waals surface area contributed by atoms with Gasteiger partial charge in [0.25, 0.3) is 0 Å². The van der Waals surface area contributed by atoms with Crippen LogP contribution in [0, 0.1) is 12.7 Å². The van der Waals surface area contributed by atoms with Gasteiger partial charge in [-0.25, -0.2) is 4.39 Å². The topological polar surface area (TPSA) is 71.8 Å². The van der Waals surface area contributed by atoms with Crippen molar-refractivity contribution >= 4 is 29.0 Å². The van der Waals surface area contributed by atoms with Crippen LogP contribution in [0.2, 0.25) is 0 Å². The first-order chi connectivity index (χ1) is 15.6. The number of para-hydroxylation sites is 1. The molecule has 6 nitrogen and oxygen atoms in total. The van der Waals surface area contributed by atoms with Gasteiger partial charge in [-0.15, -0.1) is 10.2 Å². The summed E-state index contributed by atoms with van der Waals surface area (Å²) in [6.07, 6.45) is 0. The summed E-state index contributed by atoms with van der Waals surface area (Å²) < 4.78 is 15.1. The van der Waals surface area contributed by atoms with E-state index >= 15 is 0 Å². The number of carbonyl (C=O) groups is 1. The Labute approximate surface area is 189 Å². The molecule has 0 unspecified atom stereocenters. The van der Waals surface area contributed by atoms with Crippen molar-refractivity contribution in [3.8, 4) is 5.69 Å². The highest BCUT2D eigenvalue weighted by Crippen LogP contribution is 2.23. The fourth-order valence-electron chi connectivity index (χ4n) is 3.06. The maximum absolute atomic E-state index is 13.2. The van der Waals surface area contributed by atoms with E-state index in [2.05, 4.69) is 20.8 Å². The Hall–Kier alpha value is -3.65. The number of nitrogens with one attached hydrogen (secondary N) is 2. The van der Waals surface area contributed by atoms with E-state index in [1.165, 1.54) is 23.9 Å². The fourth-order valence-corrected chi connectivity index (χ4v) is 3.83. The van der Waals surface area contributed by atoms with Crippen LogP contribution in [-0.2, 0) is 11.3 Å². The number of hydrogen-bond donors (Lipinski definition) is 2. The Kier molecular flexibility index (Phi) is 6.81. The van der Waals surface area contributed by atoms with Gasteiger partial charge in [0.2, 0.25) is 5.91 Å². The standard InChI is InChI=1S/C24H22FN5OS/c1-17-7-13-21(14-8-17)30-22(15-26-19-11-9-18(25)10-12-19)28-29-24(30)32-16-23(31)27-20-5-3-2-4-6-20/h2-14,26H,15-16H2,1H3,(H,27,31). The van der Waals surface area contributed by atoms with Gasteiger partial charge in [0.05, 0.1) is 12.3 Å².